The minimum atomic E-state index is -4.16. The van der Waals surface area contributed by atoms with Crippen molar-refractivity contribution in [1.82, 2.24) is 10.2 Å². The van der Waals surface area contributed by atoms with Crippen LogP contribution in [0.15, 0.2) is 77.7 Å². The molecule has 2 atom stereocenters. The first-order chi connectivity index (χ1) is 19.0. The summed E-state index contributed by atoms with van der Waals surface area (Å²) in [6.07, 6.45) is 1.06. The van der Waals surface area contributed by atoms with E-state index in [1.165, 1.54) is 23.1 Å². The molecule has 0 saturated carbocycles. The summed E-state index contributed by atoms with van der Waals surface area (Å²) >= 11 is 12.3. The van der Waals surface area contributed by atoms with Gasteiger partial charge in [-0.1, -0.05) is 72.9 Å². The molecule has 3 rings (SSSR count). The fourth-order valence-electron chi connectivity index (χ4n) is 4.14. The van der Waals surface area contributed by atoms with E-state index in [2.05, 4.69) is 5.32 Å². The number of rotatable bonds is 12. The molecule has 0 bridgehead atoms. The monoisotopic (exact) mass is 603 g/mol. The Kier molecular flexibility index (Phi) is 11.0. The molecule has 3 aromatic carbocycles. The quantitative estimate of drug-likeness (QED) is 0.266. The lowest BCUT2D eigenvalue weighted by atomic mass is 10.1. The molecule has 0 aliphatic rings. The molecule has 40 heavy (non-hydrogen) atoms. The molecule has 0 aliphatic heterocycles. The Labute approximate surface area is 247 Å². The number of benzene rings is 3. The number of halogens is 2. The number of carbonyl (C=O) groups excluding carboxylic acids is 2. The number of aryl methyl sites for hydroxylation is 1. The number of carbonyl (C=O) groups is 2. The minimum absolute atomic E-state index is 0.0386. The number of hydrogen-bond acceptors (Lipinski definition) is 4. The van der Waals surface area contributed by atoms with Crippen molar-refractivity contribution >= 4 is 50.7 Å². The van der Waals surface area contributed by atoms with Gasteiger partial charge < -0.3 is 10.2 Å². The van der Waals surface area contributed by atoms with Crippen LogP contribution in [0.2, 0.25) is 10.0 Å². The molecule has 2 amide bonds. The van der Waals surface area contributed by atoms with Crippen LogP contribution in [0.5, 0.6) is 0 Å². The van der Waals surface area contributed by atoms with E-state index in [0.29, 0.717) is 16.5 Å². The van der Waals surface area contributed by atoms with E-state index in [0.717, 1.165) is 21.9 Å². The van der Waals surface area contributed by atoms with Gasteiger partial charge in [-0.2, -0.15) is 0 Å². The van der Waals surface area contributed by atoms with E-state index in [4.69, 9.17) is 23.2 Å². The van der Waals surface area contributed by atoms with Crippen LogP contribution in [0.25, 0.3) is 0 Å². The van der Waals surface area contributed by atoms with E-state index >= 15 is 0 Å². The van der Waals surface area contributed by atoms with Gasteiger partial charge in [-0.05, 0) is 74.7 Å². The fraction of sp³-hybridized carbons (Fsp3) is 0.333. The lowest BCUT2D eigenvalue weighted by Crippen LogP contribution is -2.53. The molecule has 0 fully saturated rings. The summed E-state index contributed by atoms with van der Waals surface area (Å²) in [4.78, 5) is 28.8. The summed E-state index contributed by atoms with van der Waals surface area (Å²) in [5.41, 5.74) is 1.89. The smallest absolute Gasteiger partial charge is 0.264 e. The van der Waals surface area contributed by atoms with Crippen molar-refractivity contribution in [2.24, 2.45) is 0 Å². The first-order valence-electron chi connectivity index (χ1n) is 13.2. The zero-order valence-electron chi connectivity index (χ0n) is 23.1. The maximum atomic E-state index is 14.1. The second-order valence-corrected chi connectivity index (χ2v) is 12.4. The van der Waals surface area contributed by atoms with Crippen molar-refractivity contribution in [1.29, 1.82) is 0 Å². The van der Waals surface area contributed by atoms with Gasteiger partial charge in [0.25, 0.3) is 10.0 Å². The van der Waals surface area contributed by atoms with Crippen LogP contribution >= 0.6 is 23.2 Å². The summed E-state index contributed by atoms with van der Waals surface area (Å²) in [6, 6.07) is 18.8. The molecule has 7 nitrogen and oxygen atoms in total. The van der Waals surface area contributed by atoms with Gasteiger partial charge in [0.2, 0.25) is 11.8 Å². The molecule has 3 aromatic rings. The van der Waals surface area contributed by atoms with Crippen LogP contribution in [-0.4, -0.2) is 43.8 Å². The van der Waals surface area contributed by atoms with Crippen molar-refractivity contribution in [2.45, 2.75) is 64.1 Å². The predicted molar refractivity (Wildman–Crippen MR) is 161 cm³/mol. The third-order valence-electron chi connectivity index (χ3n) is 6.64. The second kappa shape index (κ2) is 14.0. The highest BCUT2D eigenvalue weighted by Crippen LogP contribution is 2.27. The van der Waals surface area contributed by atoms with Gasteiger partial charge in [-0.25, -0.2) is 8.42 Å². The minimum Gasteiger partial charge on any atom is -0.352 e. The van der Waals surface area contributed by atoms with Crippen molar-refractivity contribution in [3.8, 4) is 0 Å². The lowest BCUT2D eigenvalue weighted by molar-refractivity contribution is -0.140. The van der Waals surface area contributed by atoms with E-state index in [1.807, 2.05) is 27.7 Å². The van der Waals surface area contributed by atoms with Gasteiger partial charge in [-0.3, -0.25) is 13.9 Å². The molecule has 0 saturated heterocycles. The SMILES string of the molecule is CCC(C)NC(=O)C(CC)N(Cc1ccc(Cl)cc1)C(=O)CN(c1cccc(Cl)c1)S(=O)(=O)c1ccc(C)cc1. The summed E-state index contributed by atoms with van der Waals surface area (Å²) in [5, 5.41) is 3.83. The van der Waals surface area contributed by atoms with Crippen LogP contribution < -0.4 is 9.62 Å². The van der Waals surface area contributed by atoms with E-state index < -0.39 is 28.5 Å². The molecule has 0 aromatic heterocycles. The number of nitrogens with zero attached hydrogens (tertiary/aromatic N) is 2. The van der Waals surface area contributed by atoms with Crippen LogP contribution in [0.1, 0.15) is 44.7 Å². The first kappa shape index (κ1) is 31.5. The zero-order valence-corrected chi connectivity index (χ0v) is 25.4. The maximum Gasteiger partial charge on any atom is 0.264 e. The van der Waals surface area contributed by atoms with Crippen molar-refractivity contribution in [3.05, 3.63) is 94.0 Å². The standard InChI is InChI=1S/C30H35Cl2N3O4S/c1-5-22(4)33-30(37)28(6-2)34(19-23-12-14-24(31)15-13-23)29(36)20-35(26-9-7-8-25(32)18-26)40(38,39)27-16-10-21(3)11-17-27/h7-18,22,28H,5-6,19-20H2,1-4H3,(H,33,37). The number of anilines is 1. The van der Waals surface area contributed by atoms with E-state index in [9.17, 15) is 18.0 Å². The van der Waals surface area contributed by atoms with E-state index in [-0.39, 0.29) is 29.1 Å². The molecule has 1 N–H and O–H groups in total. The predicted octanol–water partition coefficient (Wildman–Crippen LogP) is 6.22. The lowest BCUT2D eigenvalue weighted by Gasteiger charge is -2.33. The Morgan fingerprint density at radius 2 is 1.55 bits per heavy atom. The Morgan fingerprint density at radius 3 is 2.12 bits per heavy atom. The van der Waals surface area contributed by atoms with Crippen molar-refractivity contribution in [3.63, 3.8) is 0 Å². The van der Waals surface area contributed by atoms with Crippen LogP contribution in [-0.2, 0) is 26.2 Å². The Hall–Kier alpha value is -3.07. The van der Waals surface area contributed by atoms with Crippen molar-refractivity contribution in [2.75, 3.05) is 10.8 Å². The summed E-state index contributed by atoms with van der Waals surface area (Å²) in [6.45, 7) is 7.10. The van der Waals surface area contributed by atoms with E-state index in [1.54, 1.807) is 54.6 Å². The highest BCUT2D eigenvalue weighted by Gasteiger charge is 2.34. The van der Waals surface area contributed by atoms with Gasteiger partial charge in [-0.15, -0.1) is 0 Å². The van der Waals surface area contributed by atoms with Crippen LogP contribution in [0, 0.1) is 6.92 Å². The normalized spacial score (nSPS) is 12.8. The van der Waals surface area contributed by atoms with Crippen LogP contribution in [0.3, 0.4) is 0 Å². The average Bonchev–Trinajstić information content (AvgIpc) is 2.92. The third kappa shape index (κ3) is 7.99. The fourth-order valence-corrected chi connectivity index (χ4v) is 5.86. The number of amides is 2. The number of sulfonamides is 1. The second-order valence-electron chi connectivity index (χ2n) is 9.69. The molecule has 214 valence electrons. The third-order valence-corrected chi connectivity index (χ3v) is 8.91. The average molecular weight is 605 g/mol. The molecule has 0 radical (unpaired) electrons. The summed E-state index contributed by atoms with van der Waals surface area (Å²) in [7, 11) is -4.16. The van der Waals surface area contributed by atoms with Crippen molar-refractivity contribution < 1.29 is 18.0 Å². The highest BCUT2D eigenvalue weighted by atomic mass is 35.5. The van der Waals surface area contributed by atoms with Gasteiger partial charge in [0, 0.05) is 22.6 Å². The molecule has 0 spiro atoms. The van der Waals surface area contributed by atoms with Gasteiger partial charge in [0.05, 0.1) is 10.6 Å². The Morgan fingerprint density at radius 1 is 0.900 bits per heavy atom. The Balaban J connectivity index is 2.05. The number of hydrogen-bond donors (Lipinski definition) is 1. The largest absolute Gasteiger partial charge is 0.352 e. The van der Waals surface area contributed by atoms with Crippen LogP contribution in [0.4, 0.5) is 5.69 Å². The van der Waals surface area contributed by atoms with Gasteiger partial charge >= 0.3 is 0 Å². The molecule has 0 aliphatic carbocycles. The topological polar surface area (TPSA) is 86.8 Å². The maximum absolute atomic E-state index is 14.1. The summed E-state index contributed by atoms with van der Waals surface area (Å²) in [5.74, 6) is -0.827. The molecule has 0 heterocycles. The highest BCUT2D eigenvalue weighted by molar-refractivity contribution is 7.92. The number of nitrogens with one attached hydrogen (secondary N) is 1. The molecular weight excluding hydrogens is 569 g/mol. The molecule has 10 heteroatoms. The molecular formula is C30H35Cl2N3O4S. The zero-order chi connectivity index (χ0) is 29.4. The first-order valence-corrected chi connectivity index (χ1v) is 15.3. The van der Waals surface area contributed by atoms with Gasteiger partial charge in [0.1, 0.15) is 12.6 Å². The van der Waals surface area contributed by atoms with Gasteiger partial charge in [0.15, 0.2) is 0 Å². The summed E-state index contributed by atoms with van der Waals surface area (Å²) < 4.78 is 28.8. The Bertz CT molecular complexity index is 1410. The molecule has 2 unspecified atom stereocenters.